The maximum absolute atomic E-state index is 12.0. The van der Waals surface area contributed by atoms with E-state index >= 15 is 0 Å². The van der Waals surface area contributed by atoms with Crippen molar-refractivity contribution in [2.24, 2.45) is 0 Å². The van der Waals surface area contributed by atoms with E-state index in [2.05, 4.69) is 10.6 Å². The summed E-state index contributed by atoms with van der Waals surface area (Å²) in [6.45, 7) is 0. The highest BCUT2D eigenvalue weighted by Crippen LogP contribution is 2.30. The quantitative estimate of drug-likeness (QED) is 0.873. The van der Waals surface area contributed by atoms with Crippen LogP contribution in [-0.2, 0) is 6.42 Å². The van der Waals surface area contributed by atoms with E-state index in [4.69, 9.17) is 16.0 Å². The van der Waals surface area contributed by atoms with E-state index in [9.17, 15) is 4.79 Å². The molecule has 0 bridgehead atoms. The number of benzene rings is 1. The Morgan fingerprint density at radius 2 is 2.25 bits per heavy atom. The molecule has 0 fully saturated rings. The van der Waals surface area contributed by atoms with Crippen LogP contribution >= 0.6 is 11.6 Å². The molecule has 1 aliphatic rings. The van der Waals surface area contributed by atoms with E-state index in [-0.39, 0.29) is 12.1 Å². The van der Waals surface area contributed by atoms with E-state index in [1.54, 1.807) is 30.5 Å². The molecule has 0 aliphatic heterocycles. The number of amides is 2. The Morgan fingerprint density at radius 1 is 1.35 bits per heavy atom. The van der Waals surface area contributed by atoms with E-state index in [0.29, 0.717) is 10.7 Å². The highest BCUT2D eigenvalue weighted by atomic mass is 35.5. The fourth-order valence-corrected chi connectivity index (χ4v) is 2.72. The van der Waals surface area contributed by atoms with Crippen LogP contribution in [0.5, 0.6) is 0 Å². The molecule has 1 aromatic heterocycles. The predicted molar refractivity (Wildman–Crippen MR) is 78.0 cm³/mol. The maximum Gasteiger partial charge on any atom is 0.319 e. The number of halogens is 1. The Balaban J connectivity index is 1.66. The number of aryl methyl sites for hydroxylation is 1. The van der Waals surface area contributed by atoms with Crippen LogP contribution in [0.4, 0.5) is 10.5 Å². The van der Waals surface area contributed by atoms with Crippen molar-refractivity contribution in [1.29, 1.82) is 0 Å². The topological polar surface area (TPSA) is 54.3 Å². The summed E-state index contributed by atoms with van der Waals surface area (Å²) in [5, 5.41) is 6.36. The van der Waals surface area contributed by atoms with Gasteiger partial charge in [-0.15, -0.1) is 0 Å². The third-order valence-electron chi connectivity index (χ3n) is 3.44. The fourth-order valence-electron chi connectivity index (χ4n) is 2.53. The molecule has 0 radical (unpaired) electrons. The van der Waals surface area contributed by atoms with Gasteiger partial charge in [0.25, 0.3) is 0 Å². The van der Waals surface area contributed by atoms with Gasteiger partial charge in [0.05, 0.1) is 12.3 Å². The summed E-state index contributed by atoms with van der Waals surface area (Å²) in [6, 6.07) is 8.79. The first-order valence-electron chi connectivity index (χ1n) is 6.62. The van der Waals surface area contributed by atoms with E-state index in [0.717, 1.165) is 30.6 Å². The molecule has 0 spiro atoms. The largest absolute Gasteiger partial charge is 0.469 e. The third-order valence-corrected chi connectivity index (χ3v) is 3.67. The zero-order chi connectivity index (χ0) is 13.9. The van der Waals surface area contributed by atoms with E-state index in [1.807, 2.05) is 6.07 Å². The van der Waals surface area contributed by atoms with Crippen LogP contribution in [0.1, 0.15) is 30.2 Å². The summed E-state index contributed by atoms with van der Waals surface area (Å²) < 4.78 is 5.41. The Hall–Kier alpha value is -1.94. The number of fused-ring (bicyclic) bond motifs is 1. The lowest BCUT2D eigenvalue weighted by Crippen LogP contribution is -2.34. The summed E-state index contributed by atoms with van der Waals surface area (Å²) >= 11 is 5.89. The number of anilines is 1. The second kappa shape index (κ2) is 5.59. The molecule has 2 aromatic rings. The molecular weight excluding hydrogens is 276 g/mol. The van der Waals surface area contributed by atoms with Gasteiger partial charge in [-0.1, -0.05) is 17.7 Å². The van der Waals surface area contributed by atoms with Gasteiger partial charge in [-0.2, -0.15) is 0 Å². The molecule has 3 rings (SSSR count). The normalized spacial score (nSPS) is 17.4. The molecule has 104 valence electrons. The van der Waals surface area contributed by atoms with Gasteiger partial charge in [0, 0.05) is 22.7 Å². The van der Waals surface area contributed by atoms with Gasteiger partial charge in [-0.3, -0.25) is 0 Å². The average Bonchev–Trinajstić information content (AvgIpc) is 2.88. The van der Waals surface area contributed by atoms with Crippen molar-refractivity contribution >= 4 is 23.3 Å². The van der Waals surface area contributed by atoms with Crippen LogP contribution in [0.2, 0.25) is 5.02 Å². The van der Waals surface area contributed by atoms with Gasteiger partial charge in [0.15, 0.2) is 0 Å². The van der Waals surface area contributed by atoms with Crippen LogP contribution in [0.15, 0.2) is 41.0 Å². The van der Waals surface area contributed by atoms with Gasteiger partial charge in [0.1, 0.15) is 5.76 Å². The van der Waals surface area contributed by atoms with Crippen molar-refractivity contribution < 1.29 is 9.21 Å². The second-order valence-corrected chi connectivity index (χ2v) is 5.29. The first-order valence-corrected chi connectivity index (χ1v) is 6.99. The minimum atomic E-state index is -0.230. The van der Waals surface area contributed by atoms with Gasteiger partial charge < -0.3 is 15.1 Å². The predicted octanol–water partition coefficient (Wildman–Crippen LogP) is 4.13. The van der Waals surface area contributed by atoms with Crippen molar-refractivity contribution in [3.05, 3.63) is 52.9 Å². The van der Waals surface area contributed by atoms with Crippen molar-refractivity contribution in [2.75, 3.05) is 5.32 Å². The lowest BCUT2D eigenvalue weighted by atomic mass is 9.93. The third kappa shape index (κ3) is 2.80. The van der Waals surface area contributed by atoms with Gasteiger partial charge in [-0.25, -0.2) is 4.79 Å². The number of carbonyl (C=O) groups is 1. The molecule has 1 aromatic carbocycles. The molecule has 4 nitrogen and oxygen atoms in total. The molecule has 1 atom stereocenters. The maximum atomic E-state index is 12.0. The molecule has 1 heterocycles. The van der Waals surface area contributed by atoms with Gasteiger partial charge >= 0.3 is 6.03 Å². The second-order valence-electron chi connectivity index (χ2n) is 4.85. The average molecular weight is 291 g/mol. The number of hydrogen-bond donors (Lipinski definition) is 2. The summed E-state index contributed by atoms with van der Waals surface area (Å²) in [5.41, 5.74) is 1.76. The molecular formula is C15H15ClN2O2. The van der Waals surface area contributed by atoms with Crippen molar-refractivity contribution in [3.63, 3.8) is 0 Å². The molecule has 0 saturated heterocycles. The molecule has 2 amide bonds. The van der Waals surface area contributed by atoms with E-state index < -0.39 is 0 Å². The lowest BCUT2D eigenvalue weighted by molar-refractivity contribution is 0.246. The number of furan rings is 1. The van der Waals surface area contributed by atoms with Gasteiger partial charge in [0.2, 0.25) is 0 Å². The summed E-state index contributed by atoms with van der Waals surface area (Å²) in [6.07, 6.45) is 4.56. The molecule has 5 heteroatoms. The van der Waals surface area contributed by atoms with Crippen molar-refractivity contribution in [1.82, 2.24) is 5.32 Å². The molecule has 20 heavy (non-hydrogen) atoms. The number of urea groups is 1. The summed E-state index contributed by atoms with van der Waals surface area (Å²) in [5.74, 6) is 0.976. The van der Waals surface area contributed by atoms with Crippen LogP contribution in [-0.4, -0.2) is 6.03 Å². The first kappa shape index (κ1) is 13.1. The zero-order valence-corrected chi connectivity index (χ0v) is 11.6. The van der Waals surface area contributed by atoms with Crippen molar-refractivity contribution in [3.8, 4) is 0 Å². The highest BCUT2D eigenvalue weighted by Gasteiger charge is 2.23. The lowest BCUT2D eigenvalue weighted by Gasteiger charge is -2.22. The molecule has 0 saturated carbocycles. The van der Waals surface area contributed by atoms with E-state index in [1.165, 1.54) is 0 Å². The SMILES string of the molecule is O=C(Nc1cccc(Cl)c1)NC1CCCc2occc21. The monoisotopic (exact) mass is 290 g/mol. The molecule has 1 unspecified atom stereocenters. The standard InChI is InChI=1S/C15H15ClN2O2/c16-10-3-1-4-11(9-10)17-15(19)18-13-5-2-6-14-12(13)7-8-20-14/h1,3-4,7-9,13H,2,5-6H2,(H2,17,18,19). The Labute approximate surface area is 122 Å². The minimum absolute atomic E-state index is 0.0108. The minimum Gasteiger partial charge on any atom is -0.469 e. The van der Waals surface area contributed by atoms with Crippen LogP contribution in [0, 0.1) is 0 Å². The van der Waals surface area contributed by atoms with Crippen LogP contribution in [0.3, 0.4) is 0 Å². The smallest absolute Gasteiger partial charge is 0.319 e. The van der Waals surface area contributed by atoms with Crippen LogP contribution in [0.25, 0.3) is 0 Å². The molecule has 1 aliphatic carbocycles. The zero-order valence-electron chi connectivity index (χ0n) is 10.9. The highest BCUT2D eigenvalue weighted by molar-refractivity contribution is 6.30. The summed E-state index contributed by atoms with van der Waals surface area (Å²) in [4.78, 5) is 12.0. The fraction of sp³-hybridized carbons (Fsp3) is 0.267. The Kier molecular flexibility index (Phi) is 3.65. The Bertz CT molecular complexity index is 624. The Morgan fingerprint density at radius 3 is 3.10 bits per heavy atom. The van der Waals surface area contributed by atoms with Crippen molar-refractivity contribution in [2.45, 2.75) is 25.3 Å². The number of hydrogen-bond acceptors (Lipinski definition) is 2. The number of rotatable bonds is 2. The number of carbonyl (C=O) groups excluding carboxylic acids is 1. The van der Waals surface area contributed by atoms with Crippen LogP contribution < -0.4 is 10.6 Å². The number of nitrogens with one attached hydrogen (secondary N) is 2. The van der Waals surface area contributed by atoms with Gasteiger partial charge in [-0.05, 0) is 37.1 Å². The summed E-state index contributed by atoms with van der Waals surface area (Å²) in [7, 11) is 0. The first-order chi connectivity index (χ1) is 9.72. The molecule has 2 N–H and O–H groups in total.